The highest BCUT2D eigenvalue weighted by Gasteiger charge is 2.23. The number of aromatic nitrogens is 1. The standard InChI is InChI=1S/C25H28Cl2N2O3/c1-2-3-4-5-6-7-10-16-29-20-15-9-8-12-17(20)23(30)21(25(29)32)24(31)28-19-14-11-13-18(26)22(19)27/h8-9,11-15,30H,2-7,10,16H2,1H3,(H,28,31). The number of fused-ring (bicyclic) bond motifs is 1. The van der Waals surface area contributed by atoms with Crippen molar-refractivity contribution in [3.8, 4) is 5.75 Å². The summed E-state index contributed by atoms with van der Waals surface area (Å²) in [6.45, 7) is 2.67. The number of aromatic hydroxyl groups is 1. The first kappa shape index (κ1) is 24.1. The van der Waals surface area contributed by atoms with Crippen LogP contribution in [0.5, 0.6) is 5.75 Å². The number of pyridine rings is 1. The van der Waals surface area contributed by atoms with Crippen molar-refractivity contribution in [3.05, 3.63) is 68.4 Å². The number of anilines is 1. The van der Waals surface area contributed by atoms with Crippen LogP contribution < -0.4 is 10.9 Å². The molecule has 3 aromatic rings. The monoisotopic (exact) mass is 474 g/mol. The molecule has 1 aromatic heterocycles. The summed E-state index contributed by atoms with van der Waals surface area (Å²) >= 11 is 12.2. The van der Waals surface area contributed by atoms with Gasteiger partial charge >= 0.3 is 0 Å². The van der Waals surface area contributed by atoms with Crippen LogP contribution >= 0.6 is 23.2 Å². The van der Waals surface area contributed by atoms with E-state index >= 15 is 0 Å². The Hall–Kier alpha value is -2.50. The Balaban J connectivity index is 1.89. The lowest BCUT2D eigenvalue weighted by Crippen LogP contribution is -2.30. The van der Waals surface area contributed by atoms with Crippen molar-refractivity contribution >= 4 is 45.7 Å². The van der Waals surface area contributed by atoms with Gasteiger partial charge in [0, 0.05) is 11.9 Å². The summed E-state index contributed by atoms with van der Waals surface area (Å²) in [4.78, 5) is 26.3. The number of hydrogen-bond acceptors (Lipinski definition) is 3. The molecule has 3 rings (SSSR count). The van der Waals surface area contributed by atoms with Gasteiger partial charge in [-0.3, -0.25) is 9.59 Å². The first-order chi connectivity index (χ1) is 15.5. The number of hydrogen-bond donors (Lipinski definition) is 2. The number of para-hydroxylation sites is 1. The molecule has 0 atom stereocenters. The maximum Gasteiger partial charge on any atom is 0.267 e. The predicted octanol–water partition coefficient (Wildman–Crippen LogP) is 7.02. The van der Waals surface area contributed by atoms with Gasteiger partial charge in [-0.15, -0.1) is 0 Å². The van der Waals surface area contributed by atoms with Gasteiger partial charge in [0.15, 0.2) is 0 Å². The van der Waals surface area contributed by atoms with Crippen LogP contribution in [-0.2, 0) is 6.54 Å². The number of nitrogens with zero attached hydrogens (tertiary/aromatic N) is 1. The Morgan fingerprint density at radius 1 is 0.969 bits per heavy atom. The van der Waals surface area contributed by atoms with Crippen LogP contribution in [0.4, 0.5) is 5.69 Å². The summed E-state index contributed by atoms with van der Waals surface area (Å²) in [6, 6.07) is 11.9. The third-order valence-electron chi connectivity index (χ3n) is 5.56. The number of carbonyl (C=O) groups is 1. The molecule has 0 aliphatic heterocycles. The summed E-state index contributed by atoms with van der Waals surface area (Å²) in [6.07, 6.45) is 7.82. The van der Waals surface area contributed by atoms with E-state index in [1.54, 1.807) is 41.0 Å². The molecule has 0 aliphatic rings. The highest BCUT2D eigenvalue weighted by molar-refractivity contribution is 6.44. The van der Waals surface area contributed by atoms with Crippen LogP contribution in [0.3, 0.4) is 0 Å². The number of halogens is 2. The van der Waals surface area contributed by atoms with Crippen LogP contribution in [0, 0.1) is 0 Å². The van der Waals surface area contributed by atoms with Gasteiger partial charge < -0.3 is 15.0 Å². The van der Waals surface area contributed by atoms with Crippen molar-refractivity contribution in [1.82, 2.24) is 4.57 Å². The van der Waals surface area contributed by atoms with Crippen LogP contribution in [-0.4, -0.2) is 15.6 Å². The van der Waals surface area contributed by atoms with E-state index in [-0.39, 0.29) is 27.0 Å². The molecule has 0 fully saturated rings. The molecule has 170 valence electrons. The fourth-order valence-electron chi connectivity index (χ4n) is 3.83. The number of benzene rings is 2. The van der Waals surface area contributed by atoms with Crippen LogP contribution in [0.15, 0.2) is 47.3 Å². The molecular weight excluding hydrogens is 447 g/mol. The molecule has 2 aromatic carbocycles. The molecule has 0 aliphatic carbocycles. The van der Waals surface area contributed by atoms with Gasteiger partial charge in [-0.2, -0.15) is 0 Å². The topological polar surface area (TPSA) is 71.3 Å². The highest BCUT2D eigenvalue weighted by atomic mass is 35.5. The van der Waals surface area contributed by atoms with Gasteiger partial charge in [-0.25, -0.2) is 0 Å². The average Bonchev–Trinajstić information content (AvgIpc) is 2.78. The summed E-state index contributed by atoms with van der Waals surface area (Å²) < 4.78 is 1.58. The minimum atomic E-state index is -0.726. The molecule has 5 nitrogen and oxygen atoms in total. The molecular formula is C25H28Cl2N2O3. The van der Waals surface area contributed by atoms with Crippen LogP contribution in [0.1, 0.15) is 62.2 Å². The van der Waals surface area contributed by atoms with E-state index in [4.69, 9.17) is 23.2 Å². The third kappa shape index (κ3) is 5.45. The SMILES string of the molecule is CCCCCCCCCn1c(=O)c(C(=O)Nc2cccc(Cl)c2Cl)c(O)c2ccccc21. The van der Waals surface area contributed by atoms with Gasteiger partial charge in [-0.1, -0.05) is 86.8 Å². The van der Waals surface area contributed by atoms with E-state index in [9.17, 15) is 14.7 Å². The Kier molecular flexibility index (Phi) is 8.60. The minimum Gasteiger partial charge on any atom is -0.506 e. The molecule has 7 heteroatoms. The number of carbonyl (C=O) groups excluding carboxylic acids is 1. The van der Waals surface area contributed by atoms with Gasteiger partial charge in [0.25, 0.3) is 11.5 Å². The average molecular weight is 475 g/mol. The first-order valence-corrected chi connectivity index (χ1v) is 11.8. The summed E-state index contributed by atoms with van der Waals surface area (Å²) in [5.74, 6) is -1.06. The molecule has 0 bridgehead atoms. The molecule has 0 unspecified atom stereocenters. The van der Waals surface area contributed by atoms with Gasteiger partial charge in [-0.05, 0) is 30.7 Å². The molecule has 1 heterocycles. The predicted molar refractivity (Wildman–Crippen MR) is 132 cm³/mol. The van der Waals surface area contributed by atoms with E-state index in [0.717, 1.165) is 19.3 Å². The fraction of sp³-hybridized carbons (Fsp3) is 0.360. The number of unbranched alkanes of at least 4 members (excludes halogenated alkanes) is 6. The van der Waals surface area contributed by atoms with Crippen molar-refractivity contribution in [1.29, 1.82) is 0 Å². The molecule has 0 radical (unpaired) electrons. The number of amides is 1. The quantitative estimate of drug-likeness (QED) is 0.310. The van der Waals surface area contributed by atoms with Crippen LogP contribution in [0.25, 0.3) is 10.9 Å². The number of rotatable bonds is 10. The highest BCUT2D eigenvalue weighted by Crippen LogP contribution is 2.31. The summed E-state index contributed by atoms with van der Waals surface area (Å²) in [5.41, 5.74) is 0.0543. The zero-order valence-corrected chi connectivity index (χ0v) is 19.7. The van der Waals surface area contributed by atoms with Crippen molar-refractivity contribution in [3.63, 3.8) is 0 Å². The van der Waals surface area contributed by atoms with Crippen molar-refractivity contribution in [2.75, 3.05) is 5.32 Å². The van der Waals surface area contributed by atoms with E-state index in [2.05, 4.69) is 12.2 Å². The van der Waals surface area contributed by atoms with E-state index in [0.29, 0.717) is 17.4 Å². The zero-order chi connectivity index (χ0) is 23.1. The lowest BCUT2D eigenvalue weighted by Gasteiger charge is -2.15. The largest absolute Gasteiger partial charge is 0.506 e. The smallest absolute Gasteiger partial charge is 0.267 e. The van der Waals surface area contributed by atoms with E-state index in [1.807, 2.05) is 6.07 Å². The Morgan fingerprint density at radius 2 is 1.66 bits per heavy atom. The Bertz CT molecular complexity index is 1160. The molecule has 32 heavy (non-hydrogen) atoms. The van der Waals surface area contributed by atoms with Crippen molar-refractivity contribution < 1.29 is 9.90 Å². The second kappa shape index (κ2) is 11.4. The van der Waals surface area contributed by atoms with Crippen LogP contribution in [0.2, 0.25) is 10.0 Å². The third-order valence-corrected chi connectivity index (χ3v) is 6.38. The Labute approximate surface area is 198 Å². The molecule has 0 saturated heterocycles. The lowest BCUT2D eigenvalue weighted by atomic mass is 10.1. The minimum absolute atomic E-state index is 0.172. The van der Waals surface area contributed by atoms with E-state index in [1.165, 1.54) is 25.7 Å². The molecule has 0 spiro atoms. The summed E-state index contributed by atoms with van der Waals surface area (Å²) in [7, 11) is 0. The number of aryl methyl sites for hydroxylation is 1. The van der Waals surface area contributed by atoms with Crippen molar-refractivity contribution in [2.45, 2.75) is 58.4 Å². The van der Waals surface area contributed by atoms with Crippen molar-refractivity contribution in [2.24, 2.45) is 0 Å². The molecule has 0 saturated carbocycles. The first-order valence-electron chi connectivity index (χ1n) is 11.1. The van der Waals surface area contributed by atoms with Gasteiger partial charge in [0.2, 0.25) is 0 Å². The molecule has 2 N–H and O–H groups in total. The lowest BCUT2D eigenvalue weighted by molar-refractivity contribution is 0.102. The van der Waals surface area contributed by atoms with Gasteiger partial charge in [0.1, 0.15) is 11.3 Å². The number of nitrogens with one attached hydrogen (secondary N) is 1. The second-order valence-electron chi connectivity index (χ2n) is 7.87. The second-order valence-corrected chi connectivity index (χ2v) is 8.66. The zero-order valence-electron chi connectivity index (χ0n) is 18.2. The Morgan fingerprint density at radius 3 is 2.41 bits per heavy atom. The fourth-order valence-corrected chi connectivity index (χ4v) is 4.18. The van der Waals surface area contributed by atoms with Gasteiger partial charge in [0.05, 0.1) is 21.2 Å². The normalized spacial score (nSPS) is 11.1. The van der Waals surface area contributed by atoms with E-state index < -0.39 is 11.5 Å². The maximum atomic E-state index is 13.3. The molecule has 1 amide bonds. The summed E-state index contributed by atoms with van der Waals surface area (Å²) in [5, 5.41) is 14.3. The maximum absolute atomic E-state index is 13.3.